The van der Waals surface area contributed by atoms with E-state index >= 15 is 0 Å². The molecule has 4 N–H and O–H groups in total. The maximum atomic E-state index is 13.2. The minimum Gasteiger partial charge on any atom is -0.308 e. The number of rotatable bonds is 10. The van der Waals surface area contributed by atoms with Crippen molar-refractivity contribution in [3.05, 3.63) is 94.5 Å². The minimum absolute atomic E-state index is 0. The first-order chi connectivity index (χ1) is 27.7. The molecule has 6 rings (SSSR count). The van der Waals surface area contributed by atoms with Gasteiger partial charge >= 0.3 is 30.6 Å². The predicted octanol–water partition coefficient (Wildman–Crippen LogP) is 7.28. The number of amides is 6. The lowest BCUT2D eigenvalue weighted by atomic mass is 10.1. The average molecular weight is 892 g/mol. The van der Waals surface area contributed by atoms with E-state index in [2.05, 4.69) is 31.0 Å². The number of aromatic nitrogens is 1. The van der Waals surface area contributed by atoms with Crippen LogP contribution in [-0.2, 0) is 34.7 Å². The summed E-state index contributed by atoms with van der Waals surface area (Å²) >= 11 is 1.36. The molecule has 320 valence electrons. The molecule has 0 spiro atoms. The number of carbonyl (C=O) groups excluding carboxylic acids is 4. The molecule has 60 heavy (non-hydrogen) atoms. The van der Waals surface area contributed by atoms with E-state index in [1.54, 1.807) is 12.1 Å². The molecule has 0 saturated carbocycles. The number of alkyl halides is 9. The number of halogens is 10. The molecule has 1 aromatic heterocycles. The van der Waals surface area contributed by atoms with E-state index in [0.717, 1.165) is 41.1 Å². The van der Waals surface area contributed by atoms with Gasteiger partial charge in [-0.1, -0.05) is 0 Å². The first kappa shape index (κ1) is 45.3. The van der Waals surface area contributed by atoms with E-state index in [1.807, 2.05) is 15.6 Å². The quantitative estimate of drug-likeness (QED) is 0.0566. The van der Waals surface area contributed by atoms with Gasteiger partial charge in [-0.3, -0.25) is 29.6 Å². The lowest BCUT2D eigenvalue weighted by molar-refractivity contribution is -0.143. The summed E-state index contributed by atoms with van der Waals surface area (Å²) in [5.41, 5.74) is -0.776. The van der Waals surface area contributed by atoms with Crippen molar-refractivity contribution in [2.24, 2.45) is 5.10 Å². The lowest BCUT2D eigenvalue weighted by Gasteiger charge is -2.33. The zero-order valence-corrected chi connectivity index (χ0v) is 32.0. The molecule has 0 radical (unpaired) electrons. The standard InChI is InChI=1S/C36H30F9N9O4S.ClH/c37-34(38,39)21-3-7-27(8-4-21)54-28(30(56)50-33(54)58)16-46-51-29(55)18-53-11-9-52(10-12-53)17-26-19-59-31(47-26)20-1-5-24(6-2-20)48-32(57)49-25-14-22(35(40,41)42)13-23(15-25)36(43,44)45;/h1-8,13-16,19,28H,9-12,17-18H2,(H,51,55)(H2,48,49,57)(H,50,56,58);1H/b46-16+;. The largest absolute Gasteiger partial charge is 0.416 e. The molecule has 0 aliphatic carbocycles. The number of benzene rings is 3. The number of thiazole rings is 1. The van der Waals surface area contributed by atoms with Gasteiger partial charge in [-0.2, -0.15) is 44.6 Å². The Kier molecular flexibility index (Phi) is 13.8. The van der Waals surface area contributed by atoms with Gasteiger partial charge in [-0.15, -0.1) is 23.7 Å². The fourth-order valence-corrected chi connectivity index (χ4v) is 6.81. The summed E-state index contributed by atoms with van der Waals surface area (Å²) in [6, 6.07) is 7.42. The van der Waals surface area contributed by atoms with Crippen LogP contribution in [0.1, 0.15) is 22.4 Å². The maximum absolute atomic E-state index is 13.2. The Morgan fingerprint density at radius 3 is 1.93 bits per heavy atom. The Bertz CT molecular complexity index is 2200. The highest BCUT2D eigenvalue weighted by Gasteiger charge is 2.40. The molecule has 1 atom stereocenters. The average Bonchev–Trinajstić information content (AvgIpc) is 3.74. The second-order valence-electron chi connectivity index (χ2n) is 13.1. The number of imide groups is 1. The molecule has 2 aliphatic rings. The van der Waals surface area contributed by atoms with Gasteiger partial charge in [0.15, 0.2) is 6.04 Å². The van der Waals surface area contributed by atoms with Crippen LogP contribution < -0.4 is 26.3 Å². The number of anilines is 3. The minimum atomic E-state index is -5.07. The number of nitrogens with zero attached hydrogens (tertiary/aromatic N) is 5. The predicted molar refractivity (Wildman–Crippen MR) is 203 cm³/mol. The van der Waals surface area contributed by atoms with Crippen molar-refractivity contribution in [2.45, 2.75) is 31.1 Å². The highest BCUT2D eigenvalue weighted by Crippen LogP contribution is 2.38. The summed E-state index contributed by atoms with van der Waals surface area (Å²) in [6.45, 7) is 2.71. The fraction of sp³-hybridized carbons (Fsp3) is 0.278. The number of hydrogen-bond donors (Lipinski definition) is 4. The van der Waals surface area contributed by atoms with Crippen molar-refractivity contribution in [1.29, 1.82) is 0 Å². The zero-order valence-electron chi connectivity index (χ0n) is 30.4. The van der Waals surface area contributed by atoms with Gasteiger partial charge < -0.3 is 10.6 Å². The SMILES string of the molecule is Cl.O=C(CN1CCN(Cc2csc(-c3ccc(NC(=O)Nc4cc(C(F)(F)F)cc(C(F)(F)F)c4)cc3)n2)CC1)N/N=C/C1C(=O)NC(=O)N1c1ccc(C(F)(F)F)cc1. The van der Waals surface area contributed by atoms with Crippen molar-refractivity contribution < 1.29 is 58.7 Å². The summed E-state index contributed by atoms with van der Waals surface area (Å²) in [6.07, 6.45) is -13.7. The van der Waals surface area contributed by atoms with Crippen LogP contribution in [0.2, 0.25) is 0 Å². The normalized spacial score (nSPS) is 16.8. The number of carbonyl (C=O) groups is 4. The van der Waals surface area contributed by atoms with Crippen LogP contribution in [0.4, 0.5) is 66.2 Å². The summed E-state index contributed by atoms with van der Waals surface area (Å²) in [5, 5.41) is 12.8. The first-order valence-electron chi connectivity index (χ1n) is 17.2. The monoisotopic (exact) mass is 891 g/mol. The van der Waals surface area contributed by atoms with E-state index in [-0.39, 0.29) is 36.4 Å². The number of hydrazone groups is 1. The van der Waals surface area contributed by atoms with Crippen molar-refractivity contribution in [2.75, 3.05) is 48.3 Å². The van der Waals surface area contributed by atoms with E-state index in [1.165, 1.54) is 23.5 Å². The third-order valence-electron chi connectivity index (χ3n) is 8.88. The maximum Gasteiger partial charge on any atom is 0.416 e. The van der Waals surface area contributed by atoms with Crippen LogP contribution in [-0.4, -0.2) is 83.6 Å². The highest BCUT2D eigenvalue weighted by atomic mass is 35.5. The van der Waals surface area contributed by atoms with Gasteiger partial charge in [-0.25, -0.2) is 20.0 Å². The second-order valence-corrected chi connectivity index (χ2v) is 14.0. The molecule has 24 heteroatoms. The van der Waals surface area contributed by atoms with Gasteiger partial charge in [0.1, 0.15) is 5.01 Å². The van der Waals surface area contributed by atoms with Crippen LogP contribution in [0, 0.1) is 0 Å². The van der Waals surface area contributed by atoms with Crippen molar-refractivity contribution >= 4 is 70.9 Å². The molecule has 4 aromatic rings. The Balaban J connectivity index is 0.00000683. The van der Waals surface area contributed by atoms with E-state index in [4.69, 9.17) is 0 Å². The third kappa shape index (κ3) is 11.5. The first-order valence-corrected chi connectivity index (χ1v) is 18.1. The molecular weight excluding hydrogens is 861 g/mol. The van der Waals surface area contributed by atoms with Crippen molar-refractivity contribution in [3.8, 4) is 10.6 Å². The number of nitrogens with one attached hydrogen (secondary N) is 4. The molecule has 2 saturated heterocycles. The van der Waals surface area contributed by atoms with Gasteiger partial charge in [0.05, 0.1) is 35.1 Å². The third-order valence-corrected chi connectivity index (χ3v) is 9.82. The second kappa shape index (κ2) is 18.2. The topological polar surface area (TPSA) is 151 Å². The van der Waals surface area contributed by atoms with Crippen LogP contribution in [0.25, 0.3) is 10.6 Å². The van der Waals surface area contributed by atoms with Gasteiger partial charge in [0.25, 0.3) is 11.8 Å². The number of urea groups is 2. The smallest absolute Gasteiger partial charge is 0.308 e. The Labute approximate surface area is 344 Å². The van der Waals surface area contributed by atoms with Crippen LogP contribution in [0.5, 0.6) is 0 Å². The lowest BCUT2D eigenvalue weighted by Crippen LogP contribution is -2.48. The summed E-state index contributed by atoms with van der Waals surface area (Å²) in [5.74, 6) is -1.27. The van der Waals surface area contributed by atoms with Gasteiger partial charge in [-0.05, 0) is 66.7 Å². The summed E-state index contributed by atoms with van der Waals surface area (Å²) in [7, 11) is 0. The Hall–Kier alpha value is -5.78. The summed E-state index contributed by atoms with van der Waals surface area (Å²) < 4.78 is 118. The van der Waals surface area contributed by atoms with Crippen molar-refractivity contribution in [1.82, 2.24) is 25.5 Å². The molecule has 13 nitrogen and oxygen atoms in total. The van der Waals surface area contributed by atoms with Crippen LogP contribution in [0.15, 0.2) is 77.2 Å². The van der Waals surface area contributed by atoms with Gasteiger partial charge in [0, 0.05) is 60.7 Å². The molecule has 3 heterocycles. The molecular formula is C36H31ClF9N9O4S. The summed E-state index contributed by atoms with van der Waals surface area (Å²) in [4.78, 5) is 59.3. The fourth-order valence-electron chi connectivity index (χ4n) is 5.99. The van der Waals surface area contributed by atoms with Crippen LogP contribution in [0.3, 0.4) is 0 Å². The molecule has 6 amide bonds. The number of piperazine rings is 1. The van der Waals surface area contributed by atoms with E-state index in [0.29, 0.717) is 55.4 Å². The molecule has 3 aromatic carbocycles. The molecule has 1 unspecified atom stereocenters. The van der Waals surface area contributed by atoms with Crippen LogP contribution >= 0.6 is 23.7 Å². The zero-order chi connectivity index (χ0) is 42.7. The molecule has 2 aliphatic heterocycles. The van der Waals surface area contributed by atoms with Crippen molar-refractivity contribution in [3.63, 3.8) is 0 Å². The molecule has 0 bridgehead atoms. The Morgan fingerprint density at radius 1 is 0.783 bits per heavy atom. The Morgan fingerprint density at radius 2 is 1.35 bits per heavy atom. The van der Waals surface area contributed by atoms with Gasteiger partial charge in [0.2, 0.25) is 0 Å². The van der Waals surface area contributed by atoms with E-state index < -0.39 is 70.8 Å². The number of hydrogen-bond acceptors (Lipinski definition) is 9. The molecule has 2 fully saturated rings. The highest BCUT2D eigenvalue weighted by molar-refractivity contribution is 7.13. The van der Waals surface area contributed by atoms with E-state index in [9.17, 15) is 58.7 Å².